The van der Waals surface area contributed by atoms with Crippen molar-refractivity contribution >= 4 is 11.5 Å². The molecular weight excluding hydrogens is 254 g/mol. The molecule has 0 aromatic carbocycles. The van der Waals surface area contributed by atoms with E-state index in [0.717, 1.165) is 13.0 Å². The van der Waals surface area contributed by atoms with Gasteiger partial charge in [-0.05, 0) is 33.4 Å². The summed E-state index contributed by atoms with van der Waals surface area (Å²) in [6, 6.07) is 0.289. The zero-order valence-corrected chi connectivity index (χ0v) is 13.2. The molecule has 0 spiro atoms. The average Bonchev–Trinajstić information content (AvgIpc) is 2.32. The lowest BCUT2D eigenvalue weighted by molar-refractivity contribution is 0.328. The molecule has 0 amide bonds. The molecule has 6 heteroatoms. The zero-order chi connectivity index (χ0) is 15.1. The number of hydrogen-bond donors (Lipinski definition) is 2. The van der Waals surface area contributed by atoms with Crippen LogP contribution >= 0.6 is 0 Å². The van der Waals surface area contributed by atoms with Gasteiger partial charge in [0.25, 0.3) is 0 Å². The van der Waals surface area contributed by atoms with Gasteiger partial charge < -0.3 is 20.7 Å². The Morgan fingerprint density at radius 3 is 2.60 bits per heavy atom. The molecule has 6 nitrogen and oxygen atoms in total. The maximum Gasteiger partial charge on any atom is 0.242 e. The van der Waals surface area contributed by atoms with E-state index in [1.165, 1.54) is 6.33 Å². The van der Waals surface area contributed by atoms with Gasteiger partial charge in [0.15, 0.2) is 5.82 Å². The fraction of sp³-hybridized carbons (Fsp3) is 0.714. The van der Waals surface area contributed by atoms with E-state index in [1.807, 2.05) is 6.92 Å². The summed E-state index contributed by atoms with van der Waals surface area (Å²) in [6.45, 7) is 7.78. The first-order chi connectivity index (χ1) is 9.43. The maximum atomic E-state index is 6.05. The fourth-order valence-corrected chi connectivity index (χ4v) is 2.13. The average molecular weight is 281 g/mol. The van der Waals surface area contributed by atoms with Crippen LogP contribution in [0.15, 0.2) is 6.33 Å². The van der Waals surface area contributed by atoms with Crippen molar-refractivity contribution in [2.24, 2.45) is 5.92 Å². The first-order valence-corrected chi connectivity index (χ1v) is 7.08. The number of anilines is 2. The molecular formula is C14H27N5O. The fourth-order valence-electron chi connectivity index (χ4n) is 2.13. The van der Waals surface area contributed by atoms with E-state index < -0.39 is 0 Å². The highest BCUT2D eigenvalue weighted by molar-refractivity contribution is 5.66. The van der Waals surface area contributed by atoms with E-state index in [1.54, 1.807) is 0 Å². The zero-order valence-electron chi connectivity index (χ0n) is 13.2. The van der Waals surface area contributed by atoms with E-state index in [-0.39, 0.29) is 6.04 Å². The van der Waals surface area contributed by atoms with Gasteiger partial charge in [-0.2, -0.15) is 4.98 Å². The van der Waals surface area contributed by atoms with E-state index in [9.17, 15) is 0 Å². The van der Waals surface area contributed by atoms with Gasteiger partial charge in [-0.1, -0.05) is 13.8 Å². The van der Waals surface area contributed by atoms with Crippen molar-refractivity contribution in [1.82, 2.24) is 14.9 Å². The molecule has 0 aliphatic heterocycles. The third-order valence-corrected chi connectivity index (χ3v) is 2.81. The van der Waals surface area contributed by atoms with Gasteiger partial charge in [0.1, 0.15) is 12.0 Å². The summed E-state index contributed by atoms with van der Waals surface area (Å²) in [5.74, 6) is 1.69. The third-order valence-electron chi connectivity index (χ3n) is 2.81. The molecule has 1 rings (SSSR count). The van der Waals surface area contributed by atoms with Gasteiger partial charge in [0, 0.05) is 12.6 Å². The molecule has 3 N–H and O–H groups in total. The van der Waals surface area contributed by atoms with Crippen LogP contribution in [0, 0.1) is 5.92 Å². The summed E-state index contributed by atoms with van der Waals surface area (Å²) in [4.78, 5) is 10.4. The highest BCUT2D eigenvalue weighted by atomic mass is 16.5. The lowest BCUT2D eigenvalue weighted by Gasteiger charge is -2.25. The molecule has 20 heavy (non-hydrogen) atoms. The van der Waals surface area contributed by atoms with E-state index in [0.29, 0.717) is 29.9 Å². The number of nitrogens with one attached hydrogen (secondary N) is 1. The van der Waals surface area contributed by atoms with Crippen LogP contribution in [0.4, 0.5) is 11.5 Å². The second kappa shape index (κ2) is 7.89. The molecule has 1 heterocycles. The van der Waals surface area contributed by atoms with Crippen molar-refractivity contribution in [2.45, 2.75) is 33.2 Å². The topological polar surface area (TPSA) is 76.3 Å². The summed E-state index contributed by atoms with van der Waals surface area (Å²) in [5, 5.41) is 3.41. The predicted octanol–water partition coefficient (Wildman–Crippen LogP) is 1.85. The highest BCUT2D eigenvalue weighted by Gasteiger charge is 2.16. The standard InChI is InChI=1S/C14H27N5O/c1-6-20-14-12(15)13(16-9-17-14)18-11(7-10(2)3)8-19(4)5/h9-11H,6-8,15H2,1-5H3,(H,16,17,18). The van der Waals surface area contributed by atoms with Crippen LogP contribution in [-0.2, 0) is 0 Å². The van der Waals surface area contributed by atoms with Gasteiger partial charge in [-0.25, -0.2) is 4.98 Å². The van der Waals surface area contributed by atoms with E-state index in [4.69, 9.17) is 10.5 Å². The number of ether oxygens (including phenoxy) is 1. The predicted molar refractivity (Wildman–Crippen MR) is 83.0 cm³/mol. The summed E-state index contributed by atoms with van der Waals surface area (Å²) < 4.78 is 5.39. The Hall–Kier alpha value is -1.56. The Kier molecular flexibility index (Phi) is 6.51. The molecule has 0 aliphatic carbocycles. The Labute approximate surface area is 121 Å². The van der Waals surface area contributed by atoms with Gasteiger partial charge in [0.2, 0.25) is 5.88 Å². The number of likely N-dealkylation sites (N-methyl/N-ethyl adjacent to an activating group) is 1. The van der Waals surface area contributed by atoms with Gasteiger partial charge in [0.05, 0.1) is 6.61 Å². The van der Waals surface area contributed by atoms with Crippen LogP contribution in [0.1, 0.15) is 27.2 Å². The number of nitrogens with zero attached hydrogens (tertiary/aromatic N) is 3. The summed E-state index contributed by atoms with van der Waals surface area (Å²) in [6.07, 6.45) is 2.53. The molecule has 0 bridgehead atoms. The van der Waals surface area contributed by atoms with Crippen LogP contribution in [0.5, 0.6) is 5.88 Å². The number of hydrogen-bond acceptors (Lipinski definition) is 6. The molecule has 114 valence electrons. The van der Waals surface area contributed by atoms with Crippen molar-refractivity contribution in [3.63, 3.8) is 0 Å². The smallest absolute Gasteiger partial charge is 0.242 e. The minimum absolute atomic E-state index is 0.289. The van der Waals surface area contributed by atoms with Crippen LogP contribution in [-0.4, -0.2) is 48.2 Å². The Balaban J connectivity index is 2.84. The minimum Gasteiger partial charge on any atom is -0.476 e. The van der Waals surface area contributed by atoms with Crippen molar-refractivity contribution < 1.29 is 4.74 Å². The van der Waals surface area contributed by atoms with Crippen molar-refractivity contribution in [2.75, 3.05) is 38.3 Å². The second-order valence-electron chi connectivity index (χ2n) is 5.61. The first kappa shape index (κ1) is 16.5. The van der Waals surface area contributed by atoms with Crippen molar-refractivity contribution in [3.8, 4) is 5.88 Å². The minimum atomic E-state index is 0.289. The van der Waals surface area contributed by atoms with E-state index in [2.05, 4.69) is 48.1 Å². The van der Waals surface area contributed by atoms with Crippen LogP contribution in [0.25, 0.3) is 0 Å². The molecule has 1 aromatic heterocycles. The SMILES string of the molecule is CCOc1ncnc(NC(CC(C)C)CN(C)C)c1N. The molecule has 1 atom stereocenters. The van der Waals surface area contributed by atoms with Crippen LogP contribution < -0.4 is 15.8 Å². The number of aromatic nitrogens is 2. The van der Waals surface area contributed by atoms with Crippen LogP contribution in [0.2, 0.25) is 0 Å². The molecule has 1 aromatic rings. The number of nitrogens with two attached hydrogens (primary N) is 1. The maximum absolute atomic E-state index is 6.05. The number of nitrogen functional groups attached to an aromatic ring is 1. The highest BCUT2D eigenvalue weighted by Crippen LogP contribution is 2.25. The molecule has 0 radical (unpaired) electrons. The van der Waals surface area contributed by atoms with Crippen molar-refractivity contribution in [1.29, 1.82) is 0 Å². The molecule has 0 saturated carbocycles. The van der Waals surface area contributed by atoms with Crippen molar-refractivity contribution in [3.05, 3.63) is 6.33 Å². The quantitative estimate of drug-likeness (QED) is 0.757. The monoisotopic (exact) mass is 281 g/mol. The Bertz CT molecular complexity index is 399. The van der Waals surface area contributed by atoms with Crippen LogP contribution in [0.3, 0.4) is 0 Å². The van der Waals surface area contributed by atoms with Gasteiger partial charge in [-0.3, -0.25) is 0 Å². The normalized spacial score (nSPS) is 12.8. The summed E-state index contributed by atoms with van der Waals surface area (Å²) in [7, 11) is 4.12. The molecule has 1 unspecified atom stereocenters. The summed E-state index contributed by atoms with van der Waals surface area (Å²) >= 11 is 0. The second-order valence-corrected chi connectivity index (χ2v) is 5.61. The summed E-state index contributed by atoms with van der Waals surface area (Å²) in [5.41, 5.74) is 6.53. The molecule has 0 aliphatic rings. The van der Waals surface area contributed by atoms with Gasteiger partial charge in [-0.15, -0.1) is 0 Å². The molecule has 0 saturated heterocycles. The lowest BCUT2D eigenvalue weighted by Crippen LogP contribution is -2.34. The Morgan fingerprint density at radius 1 is 1.35 bits per heavy atom. The lowest BCUT2D eigenvalue weighted by atomic mass is 10.0. The Morgan fingerprint density at radius 2 is 2.05 bits per heavy atom. The largest absolute Gasteiger partial charge is 0.476 e. The van der Waals surface area contributed by atoms with Gasteiger partial charge >= 0.3 is 0 Å². The third kappa shape index (κ3) is 5.21. The number of rotatable bonds is 8. The van der Waals surface area contributed by atoms with E-state index >= 15 is 0 Å². The molecule has 0 fully saturated rings. The first-order valence-electron chi connectivity index (χ1n) is 7.08.